The van der Waals surface area contributed by atoms with E-state index in [-0.39, 0.29) is 6.29 Å². The summed E-state index contributed by atoms with van der Waals surface area (Å²) in [5.41, 5.74) is 0. The zero-order valence-corrected chi connectivity index (χ0v) is 10.3. The lowest BCUT2D eigenvalue weighted by atomic mass is 10.2. The lowest BCUT2D eigenvalue weighted by Gasteiger charge is -2.17. The number of hydrogen-bond acceptors (Lipinski definition) is 3. The molecule has 0 aromatic heterocycles. The molecule has 0 heterocycles. The molecule has 0 aromatic carbocycles. The van der Waals surface area contributed by atoms with Gasteiger partial charge in [0, 0.05) is 25.8 Å². The van der Waals surface area contributed by atoms with E-state index in [4.69, 9.17) is 9.47 Å². The van der Waals surface area contributed by atoms with Crippen LogP contribution < -0.4 is 5.32 Å². The third kappa shape index (κ3) is 4.96. The summed E-state index contributed by atoms with van der Waals surface area (Å²) in [5, 5.41) is 3.51. The average molecular weight is 215 g/mol. The Labute approximate surface area is 93.5 Å². The van der Waals surface area contributed by atoms with Crippen molar-refractivity contribution in [1.29, 1.82) is 0 Å². The molecule has 3 nitrogen and oxygen atoms in total. The molecule has 0 bridgehead atoms. The summed E-state index contributed by atoms with van der Waals surface area (Å²) in [6, 6.07) is 0.716. The van der Waals surface area contributed by atoms with E-state index in [1.54, 1.807) is 0 Å². The highest BCUT2D eigenvalue weighted by molar-refractivity contribution is 4.92. The maximum absolute atomic E-state index is 5.47. The minimum absolute atomic E-state index is 0.0668. The Morgan fingerprint density at radius 3 is 2.40 bits per heavy atom. The summed E-state index contributed by atoms with van der Waals surface area (Å²) in [6.45, 7) is 8.52. The van der Waals surface area contributed by atoms with E-state index in [0.29, 0.717) is 6.04 Å². The highest BCUT2D eigenvalue weighted by Gasteiger charge is 2.35. The fourth-order valence-electron chi connectivity index (χ4n) is 1.97. The van der Waals surface area contributed by atoms with Gasteiger partial charge < -0.3 is 14.8 Å². The predicted molar refractivity (Wildman–Crippen MR) is 61.8 cm³/mol. The van der Waals surface area contributed by atoms with Gasteiger partial charge >= 0.3 is 0 Å². The van der Waals surface area contributed by atoms with Crippen LogP contribution in [0.3, 0.4) is 0 Å². The summed E-state index contributed by atoms with van der Waals surface area (Å²) in [5.74, 6) is 0.902. The summed E-state index contributed by atoms with van der Waals surface area (Å²) in [4.78, 5) is 0. The van der Waals surface area contributed by atoms with Gasteiger partial charge in [0.2, 0.25) is 0 Å². The van der Waals surface area contributed by atoms with Crippen LogP contribution in [-0.2, 0) is 9.47 Å². The Balaban J connectivity index is 2.06. The van der Waals surface area contributed by atoms with Crippen molar-refractivity contribution >= 4 is 0 Å². The van der Waals surface area contributed by atoms with E-state index in [9.17, 15) is 0 Å². The number of ether oxygens (including phenoxy) is 2. The minimum atomic E-state index is -0.0668. The smallest absolute Gasteiger partial charge is 0.169 e. The van der Waals surface area contributed by atoms with Gasteiger partial charge in [-0.3, -0.25) is 0 Å². The van der Waals surface area contributed by atoms with E-state index >= 15 is 0 Å². The Kier molecular flexibility index (Phi) is 6.22. The molecule has 1 aliphatic carbocycles. The first-order chi connectivity index (χ1) is 7.31. The monoisotopic (exact) mass is 215 g/mol. The van der Waals surface area contributed by atoms with E-state index in [2.05, 4.69) is 12.2 Å². The van der Waals surface area contributed by atoms with Crippen molar-refractivity contribution in [2.75, 3.05) is 19.8 Å². The van der Waals surface area contributed by atoms with E-state index in [1.165, 1.54) is 19.3 Å². The van der Waals surface area contributed by atoms with Crippen LogP contribution in [0.4, 0.5) is 0 Å². The second-order valence-electron chi connectivity index (χ2n) is 4.14. The normalized spacial score (nSPS) is 24.8. The molecule has 2 atom stereocenters. The Morgan fingerprint density at radius 2 is 1.87 bits per heavy atom. The Bertz CT molecular complexity index is 158. The molecule has 15 heavy (non-hydrogen) atoms. The van der Waals surface area contributed by atoms with Gasteiger partial charge in [-0.15, -0.1) is 0 Å². The second-order valence-corrected chi connectivity index (χ2v) is 4.14. The molecule has 1 aliphatic rings. The maximum Gasteiger partial charge on any atom is 0.169 e. The van der Waals surface area contributed by atoms with Crippen LogP contribution in [0, 0.1) is 5.92 Å². The van der Waals surface area contributed by atoms with Crippen molar-refractivity contribution in [1.82, 2.24) is 5.32 Å². The predicted octanol–water partition coefficient (Wildman–Crippen LogP) is 2.16. The van der Waals surface area contributed by atoms with Gasteiger partial charge in [-0.2, -0.15) is 0 Å². The fourth-order valence-corrected chi connectivity index (χ4v) is 1.97. The van der Waals surface area contributed by atoms with Crippen molar-refractivity contribution < 1.29 is 9.47 Å². The molecule has 0 aromatic rings. The molecule has 0 radical (unpaired) electrons. The highest BCUT2D eigenvalue weighted by atomic mass is 16.7. The van der Waals surface area contributed by atoms with Crippen molar-refractivity contribution in [3.8, 4) is 0 Å². The lowest BCUT2D eigenvalue weighted by Crippen LogP contribution is -2.33. The molecule has 1 N–H and O–H groups in total. The number of nitrogens with one attached hydrogen (secondary N) is 1. The standard InChI is InChI=1S/C12H25NO2/c1-4-7-10-8-11(10)13-9-12(14-5-2)15-6-3/h10-13H,4-9H2,1-3H3. The van der Waals surface area contributed by atoms with Gasteiger partial charge in [-0.25, -0.2) is 0 Å². The van der Waals surface area contributed by atoms with Crippen LogP contribution in [0.1, 0.15) is 40.0 Å². The molecule has 0 saturated heterocycles. The molecule has 0 amide bonds. The van der Waals surface area contributed by atoms with Gasteiger partial charge in [-0.1, -0.05) is 13.3 Å². The van der Waals surface area contributed by atoms with Crippen molar-refractivity contribution in [2.24, 2.45) is 5.92 Å². The number of hydrogen-bond donors (Lipinski definition) is 1. The molecule has 1 rings (SSSR count). The zero-order valence-electron chi connectivity index (χ0n) is 10.3. The molecular formula is C12H25NO2. The van der Waals surface area contributed by atoms with Crippen LogP contribution in [0.25, 0.3) is 0 Å². The molecule has 3 heteroatoms. The van der Waals surface area contributed by atoms with Crippen LogP contribution in [0.2, 0.25) is 0 Å². The van der Waals surface area contributed by atoms with Crippen molar-refractivity contribution in [2.45, 2.75) is 52.4 Å². The first-order valence-corrected chi connectivity index (χ1v) is 6.28. The first kappa shape index (κ1) is 12.9. The van der Waals surface area contributed by atoms with Gasteiger partial charge in [0.15, 0.2) is 6.29 Å². The molecule has 1 saturated carbocycles. The van der Waals surface area contributed by atoms with Gasteiger partial charge in [-0.05, 0) is 32.6 Å². The molecule has 0 spiro atoms. The minimum Gasteiger partial charge on any atom is -0.352 e. The van der Waals surface area contributed by atoms with Crippen molar-refractivity contribution in [3.63, 3.8) is 0 Å². The average Bonchev–Trinajstić information content (AvgIpc) is 2.95. The largest absolute Gasteiger partial charge is 0.352 e. The highest BCUT2D eigenvalue weighted by Crippen LogP contribution is 2.34. The van der Waals surface area contributed by atoms with E-state index in [0.717, 1.165) is 25.7 Å². The molecule has 2 unspecified atom stereocenters. The van der Waals surface area contributed by atoms with Crippen molar-refractivity contribution in [3.05, 3.63) is 0 Å². The fraction of sp³-hybridized carbons (Fsp3) is 1.00. The first-order valence-electron chi connectivity index (χ1n) is 6.28. The molecule has 90 valence electrons. The summed E-state index contributed by atoms with van der Waals surface area (Å²) in [6.07, 6.45) is 3.91. The van der Waals surface area contributed by atoms with E-state index in [1.807, 2.05) is 13.8 Å². The lowest BCUT2D eigenvalue weighted by molar-refractivity contribution is -0.133. The quantitative estimate of drug-likeness (QED) is 0.598. The zero-order chi connectivity index (χ0) is 11.1. The SMILES string of the molecule is CCCC1CC1NCC(OCC)OCC. The maximum atomic E-state index is 5.47. The summed E-state index contributed by atoms with van der Waals surface area (Å²) in [7, 11) is 0. The third-order valence-electron chi connectivity index (χ3n) is 2.83. The molecule has 1 fully saturated rings. The Morgan fingerprint density at radius 1 is 1.20 bits per heavy atom. The van der Waals surface area contributed by atoms with Gasteiger partial charge in [0.25, 0.3) is 0 Å². The molecular weight excluding hydrogens is 190 g/mol. The Hall–Kier alpha value is -0.120. The van der Waals surface area contributed by atoms with Crippen LogP contribution >= 0.6 is 0 Å². The van der Waals surface area contributed by atoms with Crippen LogP contribution in [0.15, 0.2) is 0 Å². The summed E-state index contributed by atoms with van der Waals surface area (Å²) < 4.78 is 10.9. The van der Waals surface area contributed by atoms with E-state index < -0.39 is 0 Å². The van der Waals surface area contributed by atoms with Crippen LogP contribution in [-0.4, -0.2) is 32.1 Å². The second kappa shape index (κ2) is 7.20. The van der Waals surface area contributed by atoms with Crippen LogP contribution in [0.5, 0.6) is 0 Å². The number of rotatable bonds is 9. The topological polar surface area (TPSA) is 30.5 Å². The summed E-state index contributed by atoms with van der Waals surface area (Å²) >= 11 is 0. The van der Waals surface area contributed by atoms with Gasteiger partial charge in [0.05, 0.1) is 0 Å². The molecule has 0 aliphatic heterocycles. The van der Waals surface area contributed by atoms with Gasteiger partial charge in [0.1, 0.15) is 0 Å². The third-order valence-corrected chi connectivity index (χ3v) is 2.83.